The summed E-state index contributed by atoms with van der Waals surface area (Å²) >= 11 is 6.08. The Hall–Kier alpha value is -1.81. The van der Waals surface area contributed by atoms with E-state index in [2.05, 4.69) is 17.2 Å². The summed E-state index contributed by atoms with van der Waals surface area (Å²) in [5, 5.41) is 5.78. The van der Waals surface area contributed by atoms with Crippen LogP contribution in [0.4, 0.5) is 5.69 Å². The van der Waals surface area contributed by atoms with E-state index in [4.69, 9.17) is 11.6 Å². The van der Waals surface area contributed by atoms with E-state index in [0.717, 1.165) is 12.5 Å². The van der Waals surface area contributed by atoms with Crippen LogP contribution in [0.3, 0.4) is 0 Å². The number of halogens is 1. The summed E-state index contributed by atoms with van der Waals surface area (Å²) in [5.74, 6) is -0.561. The van der Waals surface area contributed by atoms with Crippen LogP contribution in [0.2, 0.25) is 5.02 Å². The molecule has 5 heteroatoms. The fraction of sp³-hybridized carbons (Fsp3) is 0.333. The van der Waals surface area contributed by atoms with Crippen molar-refractivity contribution in [3.05, 3.63) is 41.4 Å². The predicted octanol–water partition coefficient (Wildman–Crippen LogP) is 3.38. The number of benzene rings is 1. The first-order chi connectivity index (χ1) is 9.29. The first kappa shape index (κ1) is 16.2. The molecule has 0 saturated carbocycles. The van der Waals surface area contributed by atoms with Crippen LogP contribution in [0.25, 0.3) is 0 Å². The molecule has 2 amide bonds. The van der Waals surface area contributed by atoms with Crippen molar-refractivity contribution in [2.24, 2.45) is 0 Å². The van der Waals surface area contributed by atoms with Crippen LogP contribution in [0, 0.1) is 0 Å². The maximum Gasteiger partial charge on any atom is 0.253 e. The lowest BCUT2D eigenvalue weighted by Crippen LogP contribution is -2.42. The van der Waals surface area contributed by atoms with Crippen molar-refractivity contribution in [3.8, 4) is 0 Å². The van der Waals surface area contributed by atoms with Gasteiger partial charge in [0.1, 0.15) is 0 Å². The molecule has 0 aliphatic carbocycles. The minimum absolute atomic E-state index is 0.233. The maximum atomic E-state index is 12.1. The zero-order valence-electron chi connectivity index (χ0n) is 11.9. The first-order valence-electron chi connectivity index (χ1n) is 6.34. The summed E-state index contributed by atoms with van der Waals surface area (Å²) in [6.45, 7) is 9.25. The molecule has 1 rings (SSSR count). The summed E-state index contributed by atoms with van der Waals surface area (Å²) < 4.78 is 0. The molecule has 0 heterocycles. The third-order valence-corrected chi connectivity index (χ3v) is 3.32. The zero-order chi connectivity index (χ0) is 15.3. The summed E-state index contributed by atoms with van der Waals surface area (Å²) in [4.78, 5) is 23.3. The van der Waals surface area contributed by atoms with Gasteiger partial charge in [-0.05, 0) is 44.5 Å². The first-order valence-corrected chi connectivity index (χ1v) is 6.72. The quantitative estimate of drug-likeness (QED) is 0.818. The lowest BCUT2D eigenvalue weighted by atomic mass is 10.0. The van der Waals surface area contributed by atoms with E-state index in [1.165, 1.54) is 6.07 Å². The minimum Gasteiger partial charge on any atom is -0.347 e. The Labute approximate surface area is 124 Å². The Morgan fingerprint density at radius 1 is 1.40 bits per heavy atom. The molecule has 0 aromatic heterocycles. The number of carbonyl (C=O) groups excluding carboxylic acids is 2. The van der Waals surface area contributed by atoms with Gasteiger partial charge in [0.2, 0.25) is 5.91 Å². The molecule has 20 heavy (non-hydrogen) atoms. The van der Waals surface area contributed by atoms with Crippen molar-refractivity contribution in [2.75, 3.05) is 5.32 Å². The van der Waals surface area contributed by atoms with Crippen LogP contribution in [0.5, 0.6) is 0 Å². The van der Waals surface area contributed by atoms with Crippen LogP contribution < -0.4 is 10.6 Å². The molecule has 4 nitrogen and oxygen atoms in total. The molecule has 0 aliphatic heterocycles. The monoisotopic (exact) mass is 294 g/mol. The van der Waals surface area contributed by atoms with Gasteiger partial charge in [-0.25, -0.2) is 0 Å². The molecule has 0 atom stereocenters. The Bertz CT molecular complexity index is 539. The third kappa shape index (κ3) is 4.38. The van der Waals surface area contributed by atoms with Gasteiger partial charge < -0.3 is 10.6 Å². The summed E-state index contributed by atoms with van der Waals surface area (Å²) in [6.07, 6.45) is 1.97. The Balaban J connectivity index is 2.90. The molecule has 1 aromatic rings. The van der Waals surface area contributed by atoms with Crippen LogP contribution in [0.15, 0.2) is 30.9 Å². The lowest BCUT2D eigenvalue weighted by Gasteiger charge is -2.24. The molecule has 0 saturated heterocycles. The standard InChI is InChI=1S/C15H19ClN2O2/c1-5-13(19)17-10-7-8-11(12(16)9-10)14(20)18-15(3,4)6-2/h5,7-9H,1,6H2,2-4H3,(H,17,19)(H,18,20). The fourth-order valence-electron chi connectivity index (χ4n) is 1.43. The summed E-state index contributed by atoms with van der Waals surface area (Å²) in [6, 6.07) is 4.75. The number of nitrogens with one attached hydrogen (secondary N) is 2. The summed E-state index contributed by atoms with van der Waals surface area (Å²) in [7, 11) is 0. The molecular formula is C15H19ClN2O2. The van der Waals surface area contributed by atoms with Gasteiger partial charge in [0.15, 0.2) is 0 Å². The van der Waals surface area contributed by atoms with Crippen molar-refractivity contribution in [1.29, 1.82) is 0 Å². The van der Waals surface area contributed by atoms with E-state index < -0.39 is 0 Å². The van der Waals surface area contributed by atoms with Gasteiger partial charge in [0.05, 0.1) is 10.6 Å². The zero-order valence-corrected chi connectivity index (χ0v) is 12.7. The van der Waals surface area contributed by atoms with Gasteiger partial charge in [0, 0.05) is 11.2 Å². The average Bonchev–Trinajstić information content (AvgIpc) is 2.38. The highest BCUT2D eigenvalue weighted by Crippen LogP contribution is 2.22. The highest BCUT2D eigenvalue weighted by atomic mass is 35.5. The van der Waals surface area contributed by atoms with Gasteiger partial charge in [-0.1, -0.05) is 25.1 Å². The van der Waals surface area contributed by atoms with E-state index in [-0.39, 0.29) is 22.4 Å². The van der Waals surface area contributed by atoms with E-state index in [9.17, 15) is 9.59 Å². The molecule has 0 aliphatic rings. The van der Waals surface area contributed by atoms with Gasteiger partial charge in [0.25, 0.3) is 5.91 Å². The number of rotatable bonds is 5. The average molecular weight is 295 g/mol. The number of carbonyl (C=O) groups is 2. The number of hydrogen-bond acceptors (Lipinski definition) is 2. The van der Waals surface area contributed by atoms with Crippen LogP contribution in [-0.2, 0) is 4.79 Å². The van der Waals surface area contributed by atoms with Crippen LogP contribution in [-0.4, -0.2) is 17.4 Å². The van der Waals surface area contributed by atoms with Crippen molar-refractivity contribution in [2.45, 2.75) is 32.7 Å². The lowest BCUT2D eigenvalue weighted by molar-refractivity contribution is -0.111. The SMILES string of the molecule is C=CC(=O)Nc1ccc(C(=O)NC(C)(C)CC)c(Cl)c1. The van der Waals surface area contributed by atoms with Crippen molar-refractivity contribution in [1.82, 2.24) is 5.32 Å². The molecular weight excluding hydrogens is 276 g/mol. The van der Waals surface area contributed by atoms with Crippen molar-refractivity contribution >= 4 is 29.1 Å². The second-order valence-electron chi connectivity index (χ2n) is 5.08. The molecule has 0 bridgehead atoms. The largest absolute Gasteiger partial charge is 0.347 e. The van der Waals surface area contributed by atoms with Gasteiger partial charge in [-0.15, -0.1) is 0 Å². The highest BCUT2D eigenvalue weighted by molar-refractivity contribution is 6.34. The van der Waals surface area contributed by atoms with Crippen molar-refractivity contribution in [3.63, 3.8) is 0 Å². The Morgan fingerprint density at radius 3 is 2.55 bits per heavy atom. The third-order valence-electron chi connectivity index (χ3n) is 3.00. The van der Waals surface area contributed by atoms with Gasteiger partial charge in [-0.2, -0.15) is 0 Å². The second kappa shape index (κ2) is 6.57. The van der Waals surface area contributed by atoms with Crippen LogP contribution in [0.1, 0.15) is 37.6 Å². The number of anilines is 1. The van der Waals surface area contributed by atoms with E-state index in [1.54, 1.807) is 12.1 Å². The van der Waals surface area contributed by atoms with Crippen molar-refractivity contribution < 1.29 is 9.59 Å². The molecule has 0 spiro atoms. The molecule has 0 unspecified atom stereocenters. The molecule has 0 radical (unpaired) electrons. The topological polar surface area (TPSA) is 58.2 Å². The molecule has 108 valence electrons. The Kier molecular flexibility index (Phi) is 5.34. The normalized spacial score (nSPS) is 10.8. The predicted molar refractivity (Wildman–Crippen MR) is 82.1 cm³/mol. The van der Waals surface area contributed by atoms with E-state index in [0.29, 0.717) is 11.3 Å². The fourth-order valence-corrected chi connectivity index (χ4v) is 1.70. The van der Waals surface area contributed by atoms with Gasteiger partial charge in [-0.3, -0.25) is 9.59 Å². The molecule has 2 N–H and O–H groups in total. The maximum absolute atomic E-state index is 12.1. The highest BCUT2D eigenvalue weighted by Gasteiger charge is 2.20. The minimum atomic E-state index is -0.328. The Morgan fingerprint density at radius 2 is 2.05 bits per heavy atom. The number of hydrogen-bond donors (Lipinski definition) is 2. The van der Waals surface area contributed by atoms with Crippen LogP contribution >= 0.6 is 11.6 Å². The number of amides is 2. The summed E-state index contributed by atoms with van der Waals surface area (Å²) in [5.41, 5.74) is 0.604. The molecule has 1 aromatic carbocycles. The molecule has 0 fully saturated rings. The van der Waals surface area contributed by atoms with Gasteiger partial charge >= 0.3 is 0 Å². The second-order valence-corrected chi connectivity index (χ2v) is 5.49. The van der Waals surface area contributed by atoms with E-state index in [1.807, 2.05) is 20.8 Å². The smallest absolute Gasteiger partial charge is 0.253 e. The van der Waals surface area contributed by atoms with E-state index >= 15 is 0 Å².